The Hall–Kier alpha value is -4.01. The molecule has 0 aliphatic heterocycles. The molecule has 13 nitrogen and oxygen atoms in total. The number of hydrogen-bond acceptors (Lipinski definition) is 11. The predicted molar refractivity (Wildman–Crippen MR) is 146 cm³/mol. The van der Waals surface area contributed by atoms with Gasteiger partial charge in [0.05, 0.1) is 39.0 Å². The fourth-order valence-corrected chi connectivity index (χ4v) is 5.75. The van der Waals surface area contributed by atoms with Gasteiger partial charge in [-0.25, -0.2) is 8.42 Å². The highest BCUT2D eigenvalue weighted by molar-refractivity contribution is 7.93. The van der Waals surface area contributed by atoms with Crippen molar-refractivity contribution in [2.24, 2.45) is 0 Å². The minimum absolute atomic E-state index is 0.0297. The first-order chi connectivity index (χ1) is 19.3. The van der Waals surface area contributed by atoms with Gasteiger partial charge in [-0.1, -0.05) is 5.16 Å². The molecule has 214 valence electrons. The van der Waals surface area contributed by atoms with E-state index in [1.54, 1.807) is 31.4 Å². The number of nitrogens with one attached hydrogen (secondary N) is 3. The molecule has 1 fully saturated rings. The minimum Gasteiger partial charge on any atom is -0.495 e. The summed E-state index contributed by atoms with van der Waals surface area (Å²) in [5.74, 6) is 1.68. The Morgan fingerprint density at radius 2 is 1.70 bits per heavy atom. The molecule has 14 heteroatoms. The number of aromatic amines is 1. The van der Waals surface area contributed by atoms with E-state index in [0.717, 1.165) is 18.5 Å². The van der Waals surface area contributed by atoms with E-state index < -0.39 is 16.1 Å². The first-order valence-corrected chi connectivity index (χ1v) is 13.9. The van der Waals surface area contributed by atoms with Crippen molar-refractivity contribution in [1.82, 2.24) is 15.4 Å². The maximum absolute atomic E-state index is 13.6. The van der Waals surface area contributed by atoms with E-state index in [1.807, 2.05) is 6.07 Å². The number of methoxy groups -OCH3 is 5. The molecule has 1 aliphatic rings. The van der Waals surface area contributed by atoms with Gasteiger partial charge >= 0.3 is 0 Å². The lowest BCUT2D eigenvalue weighted by atomic mass is 10.1. The molecule has 1 saturated carbocycles. The zero-order valence-electron chi connectivity index (χ0n) is 22.7. The number of hydrogen-bond donors (Lipinski definition) is 3. The van der Waals surface area contributed by atoms with E-state index in [0.29, 0.717) is 39.7 Å². The number of ether oxygens (including phenoxy) is 5. The molecule has 1 aliphatic carbocycles. The second kappa shape index (κ2) is 11.2. The van der Waals surface area contributed by atoms with Gasteiger partial charge in [-0.2, -0.15) is 5.10 Å². The summed E-state index contributed by atoms with van der Waals surface area (Å²) < 4.78 is 62.4. The van der Waals surface area contributed by atoms with Crippen LogP contribution in [0, 0.1) is 0 Å². The van der Waals surface area contributed by atoms with Crippen molar-refractivity contribution in [3.05, 3.63) is 41.6 Å². The van der Waals surface area contributed by atoms with E-state index in [4.69, 9.17) is 28.2 Å². The highest BCUT2D eigenvalue weighted by Crippen LogP contribution is 2.42. The van der Waals surface area contributed by atoms with E-state index in [1.165, 1.54) is 28.4 Å². The lowest BCUT2D eigenvalue weighted by Crippen LogP contribution is -2.17. The standard InChI is InChI=1S/C26H31N5O8S/c1-34-13-23(38-5)15-8-21(36-3)25(22(9-15)37-4)40(32,33)31-26-16-10-20(35-2)18(11-19(16)39-30-26)27-24-12-17(28-29-24)14-6-7-14/h8-12,14,23H,6-7,13H2,1-5H3,(H,30,31)(H2,27,28,29)/t23-/m1/s1. The lowest BCUT2D eigenvalue weighted by Gasteiger charge is -2.20. The third-order valence-electron chi connectivity index (χ3n) is 6.63. The molecular formula is C26H31N5O8S. The molecule has 0 radical (unpaired) electrons. The average molecular weight is 574 g/mol. The van der Waals surface area contributed by atoms with Gasteiger partial charge in [-0.15, -0.1) is 0 Å². The zero-order valence-corrected chi connectivity index (χ0v) is 23.5. The summed E-state index contributed by atoms with van der Waals surface area (Å²) in [5.41, 5.74) is 2.61. The molecule has 0 unspecified atom stereocenters. The largest absolute Gasteiger partial charge is 0.495 e. The van der Waals surface area contributed by atoms with Crippen LogP contribution in [0.3, 0.4) is 0 Å². The number of sulfonamides is 1. The fraction of sp³-hybridized carbons (Fsp3) is 0.385. The third-order valence-corrected chi connectivity index (χ3v) is 8.03. The molecule has 1 atom stereocenters. The molecular weight excluding hydrogens is 542 g/mol. The topological polar surface area (TPSA) is 159 Å². The summed E-state index contributed by atoms with van der Waals surface area (Å²) in [5, 5.41) is 14.9. The van der Waals surface area contributed by atoms with Crippen molar-refractivity contribution in [3.63, 3.8) is 0 Å². The van der Waals surface area contributed by atoms with Crippen LogP contribution in [-0.2, 0) is 19.5 Å². The number of H-pyrrole nitrogens is 1. The van der Waals surface area contributed by atoms with E-state index >= 15 is 0 Å². The SMILES string of the molecule is COC[C@@H](OC)c1cc(OC)c(S(=O)(=O)Nc2noc3cc(Nc4cc(C5CC5)[nH]n4)c(OC)cc23)c(OC)c1. The molecule has 3 N–H and O–H groups in total. The van der Waals surface area contributed by atoms with Crippen LogP contribution in [0.2, 0.25) is 0 Å². The number of benzene rings is 2. The van der Waals surface area contributed by atoms with Gasteiger partial charge < -0.3 is 33.5 Å². The van der Waals surface area contributed by atoms with Gasteiger partial charge in [-0.3, -0.25) is 9.82 Å². The number of rotatable bonds is 13. The molecule has 2 aromatic heterocycles. The van der Waals surface area contributed by atoms with Crippen LogP contribution in [0.4, 0.5) is 17.3 Å². The van der Waals surface area contributed by atoms with Crippen LogP contribution in [0.25, 0.3) is 11.0 Å². The fourth-order valence-electron chi connectivity index (χ4n) is 4.43. The number of anilines is 3. The molecule has 2 aromatic carbocycles. The van der Waals surface area contributed by atoms with Gasteiger partial charge in [0.15, 0.2) is 22.1 Å². The molecule has 0 bridgehead atoms. The van der Waals surface area contributed by atoms with Crippen LogP contribution < -0.4 is 24.2 Å². The molecule has 40 heavy (non-hydrogen) atoms. The molecule has 5 rings (SSSR count). The Kier molecular flexibility index (Phi) is 7.74. The van der Waals surface area contributed by atoms with Crippen molar-refractivity contribution < 1.29 is 36.6 Å². The van der Waals surface area contributed by atoms with Gasteiger partial charge in [-0.05, 0) is 36.6 Å². The second-order valence-electron chi connectivity index (χ2n) is 9.23. The Bertz CT molecular complexity index is 1590. The van der Waals surface area contributed by atoms with Crippen LogP contribution in [0.1, 0.15) is 36.1 Å². The van der Waals surface area contributed by atoms with Gasteiger partial charge in [0, 0.05) is 38.0 Å². The highest BCUT2D eigenvalue weighted by atomic mass is 32.2. The summed E-state index contributed by atoms with van der Waals surface area (Å²) in [7, 11) is 3.06. The maximum Gasteiger partial charge on any atom is 0.270 e. The normalized spacial score (nSPS) is 14.2. The molecule has 0 amide bonds. The number of nitrogens with zero attached hydrogens (tertiary/aromatic N) is 2. The molecule has 4 aromatic rings. The van der Waals surface area contributed by atoms with Crippen LogP contribution in [0.5, 0.6) is 17.2 Å². The first kappa shape index (κ1) is 27.6. The first-order valence-electron chi connectivity index (χ1n) is 12.4. The Balaban J connectivity index is 1.47. The van der Waals surface area contributed by atoms with Gasteiger partial charge in [0.2, 0.25) is 0 Å². The summed E-state index contributed by atoms with van der Waals surface area (Å²) in [6.07, 6.45) is 1.84. The van der Waals surface area contributed by atoms with Gasteiger partial charge in [0.25, 0.3) is 10.0 Å². The smallest absolute Gasteiger partial charge is 0.270 e. The summed E-state index contributed by atoms with van der Waals surface area (Å²) in [6.45, 7) is 0.249. The summed E-state index contributed by atoms with van der Waals surface area (Å²) in [4.78, 5) is -0.208. The monoisotopic (exact) mass is 573 g/mol. The minimum atomic E-state index is -4.26. The van der Waals surface area contributed by atoms with Crippen molar-refractivity contribution >= 4 is 38.3 Å². The van der Waals surface area contributed by atoms with Crippen molar-refractivity contribution in [1.29, 1.82) is 0 Å². The highest BCUT2D eigenvalue weighted by Gasteiger charge is 2.30. The van der Waals surface area contributed by atoms with Crippen molar-refractivity contribution in [3.8, 4) is 17.2 Å². The zero-order chi connectivity index (χ0) is 28.4. The molecule has 0 spiro atoms. The third kappa shape index (κ3) is 5.37. The van der Waals surface area contributed by atoms with Gasteiger partial charge in [0.1, 0.15) is 23.4 Å². The number of aromatic nitrogens is 3. The number of fused-ring (bicyclic) bond motifs is 1. The van der Waals surface area contributed by atoms with E-state index in [-0.39, 0.29) is 28.8 Å². The van der Waals surface area contributed by atoms with Crippen LogP contribution in [-0.4, -0.2) is 65.9 Å². The second-order valence-corrected chi connectivity index (χ2v) is 10.8. The van der Waals surface area contributed by atoms with Crippen molar-refractivity contribution in [2.75, 3.05) is 52.2 Å². The van der Waals surface area contributed by atoms with E-state index in [9.17, 15) is 8.42 Å². The maximum atomic E-state index is 13.6. The average Bonchev–Trinajstić information content (AvgIpc) is 3.59. The summed E-state index contributed by atoms with van der Waals surface area (Å²) in [6, 6.07) is 8.39. The quantitative estimate of drug-likeness (QED) is 0.209. The van der Waals surface area contributed by atoms with Crippen LogP contribution >= 0.6 is 0 Å². The van der Waals surface area contributed by atoms with Crippen molar-refractivity contribution in [2.45, 2.75) is 29.8 Å². The molecule has 0 saturated heterocycles. The predicted octanol–water partition coefficient (Wildman–Crippen LogP) is 4.33. The molecule has 2 heterocycles. The Morgan fingerprint density at radius 1 is 1.00 bits per heavy atom. The Morgan fingerprint density at radius 3 is 2.30 bits per heavy atom. The Labute approximate surface area is 231 Å². The summed E-state index contributed by atoms with van der Waals surface area (Å²) >= 11 is 0. The van der Waals surface area contributed by atoms with Crippen LogP contribution in [0.15, 0.2) is 39.8 Å². The lowest BCUT2D eigenvalue weighted by molar-refractivity contribution is 0.0272. The van der Waals surface area contributed by atoms with E-state index in [2.05, 4.69) is 25.4 Å².